The standard InChI is InChI=1S/C8H8N2S/c1-6-10(2)8-7(11-6)4-3-5-9-8/h3-5H,1H2,2H3. The second-order valence-electron chi connectivity index (χ2n) is 2.38. The van der Waals surface area contributed by atoms with Crippen molar-refractivity contribution in [1.29, 1.82) is 0 Å². The molecule has 56 valence electrons. The van der Waals surface area contributed by atoms with E-state index in [1.54, 1.807) is 18.0 Å². The van der Waals surface area contributed by atoms with Crippen molar-refractivity contribution in [2.24, 2.45) is 0 Å². The summed E-state index contributed by atoms with van der Waals surface area (Å²) in [7, 11) is 1.98. The van der Waals surface area contributed by atoms with E-state index >= 15 is 0 Å². The summed E-state index contributed by atoms with van der Waals surface area (Å²) in [5.74, 6) is 1.02. The molecule has 0 bridgehead atoms. The van der Waals surface area contributed by atoms with Crippen LogP contribution in [0, 0.1) is 0 Å². The molecule has 3 heteroatoms. The molecule has 0 saturated carbocycles. The van der Waals surface area contributed by atoms with Crippen LogP contribution in [0.3, 0.4) is 0 Å². The maximum Gasteiger partial charge on any atom is 0.147 e. The Labute approximate surface area is 69.9 Å². The highest BCUT2D eigenvalue weighted by Crippen LogP contribution is 2.41. The molecule has 2 nitrogen and oxygen atoms in total. The number of hydrogen-bond acceptors (Lipinski definition) is 3. The molecule has 0 aromatic carbocycles. The molecule has 0 unspecified atom stereocenters. The van der Waals surface area contributed by atoms with Crippen LogP contribution in [0.25, 0.3) is 0 Å². The smallest absolute Gasteiger partial charge is 0.147 e. The van der Waals surface area contributed by atoms with E-state index in [1.807, 2.05) is 18.0 Å². The minimum absolute atomic E-state index is 1.02. The second kappa shape index (κ2) is 2.27. The lowest BCUT2D eigenvalue weighted by molar-refractivity contribution is 1.09. The first-order valence-corrected chi connectivity index (χ1v) is 4.16. The maximum absolute atomic E-state index is 4.23. The highest BCUT2D eigenvalue weighted by atomic mass is 32.2. The van der Waals surface area contributed by atoms with Gasteiger partial charge in [0.2, 0.25) is 0 Å². The maximum atomic E-state index is 4.23. The van der Waals surface area contributed by atoms with Crippen molar-refractivity contribution in [3.63, 3.8) is 0 Å². The molecule has 0 N–H and O–H groups in total. The van der Waals surface area contributed by atoms with Crippen LogP contribution in [-0.2, 0) is 0 Å². The van der Waals surface area contributed by atoms with Crippen LogP contribution in [-0.4, -0.2) is 12.0 Å². The van der Waals surface area contributed by atoms with Gasteiger partial charge in [-0.05, 0) is 12.1 Å². The van der Waals surface area contributed by atoms with Gasteiger partial charge in [0.15, 0.2) is 0 Å². The number of hydrogen-bond donors (Lipinski definition) is 0. The van der Waals surface area contributed by atoms with E-state index in [0.717, 1.165) is 10.8 Å². The van der Waals surface area contributed by atoms with Crippen molar-refractivity contribution >= 4 is 17.6 Å². The minimum atomic E-state index is 1.02. The molecule has 0 saturated heterocycles. The van der Waals surface area contributed by atoms with E-state index in [2.05, 4.69) is 17.6 Å². The molecule has 1 aromatic rings. The number of anilines is 1. The molecule has 0 atom stereocenters. The molecule has 2 rings (SSSR count). The van der Waals surface area contributed by atoms with Gasteiger partial charge < -0.3 is 4.90 Å². The summed E-state index contributed by atoms with van der Waals surface area (Å²) in [6.07, 6.45) is 1.80. The normalized spacial score (nSPS) is 15.4. The summed E-state index contributed by atoms with van der Waals surface area (Å²) in [6.45, 7) is 3.90. The number of pyridine rings is 1. The monoisotopic (exact) mass is 164 g/mol. The molecule has 0 amide bonds. The molecule has 2 heterocycles. The van der Waals surface area contributed by atoms with Crippen LogP contribution >= 0.6 is 11.8 Å². The molecular weight excluding hydrogens is 156 g/mol. The van der Waals surface area contributed by atoms with E-state index in [9.17, 15) is 0 Å². The van der Waals surface area contributed by atoms with Crippen LogP contribution in [0.15, 0.2) is 34.8 Å². The Morgan fingerprint density at radius 3 is 3.18 bits per heavy atom. The first kappa shape index (κ1) is 6.73. The molecule has 1 aliphatic heterocycles. The van der Waals surface area contributed by atoms with Crippen molar-refractivity contribution in [3.8, 4) is 0 Å². The van der Waals surface area contributed by atoms with Gasteiger partial charge in [0.25, 0.3) is 0 Å². The Morgan fingerprint density at radius 1 is 1.64 bits per heavy atom. The molecule has 0 fully saturated rings. The van der Waals surface area contributed by atoms with Crippen molar-refractivity contribution in [2.45, 2.75) is 4.90 Å². The van der Waals surface area contributed by atoms with Gasteiger partial charge in [-0.15, -0.1) is 0 Å². The summed E-state index contributed by atoms with van der Waals surface area (Å²) in [5, 5.41) is 1.04. The highest BCUT2D eigenvalue weighted by molar-refractivity contribution is 8.03. The lowest BCUT2D eigenvalue weighted by Gasteiger charge is -2.09. The summed E-state index contributed by atoms with van der Waals surface area (Å²) < 4.78 is 0. The second-order valence-corrected chi connectivity index (χ2v) is 3.50. The predicted octanol–water partition coefficient (Wildman–Crippen LogP) is 2.09. The van der Waals surface area contributed by atoms with Gasteiger partial charge in [-0.1, -0.05) is 18.3 Å². The lowest BCUT2D eigenvalue weighted by Crippen LogP contribution is -2.09. The molecule has 0 spiro atoms. The largest absolute Gasteiger partial charge is 0.323 e. The van der Waals surface area contributed by atoms with Crippen molar-refractivity contribution < 1.29 is 0 Å². The van der Waals surface area contributed by atoms with E-state index in [1.165, 1.54) is 4.90 Å². The van der Waals surface area contributed by atoms with Crippen LogP contribution in [0.4, 0.5) is 5.82 Å². The van der Waals surface area contributed by atoms with Gasteiger partial charge in [-0.3, -0.25) is 0 Å². The SMILES string of the molecule is C=C1Sc2cccnc2N1C. The Kier molecular flexibility index (Phi) is 1.39. The van der Waals surface area contributed by atoms with Gasteiger partial charge in [0.05, 0.1) is 9.92 Å². The van der Waals surface area contributed by atoms with Crippen molar-refractivity contribution in [2.75, 3.05) is 11.9 Å². The van der Waals surface area contributed by atoms with Crippen molar-refractivity contribution in [3.05, 3.63) is 29.9 Å². The van der Waals surface area contributed by atoms with E-state index in [4.69, 9.17) is 0 Å². The van der Waals surface area contributed by atoms with Crippen LogP contribution in [0.5, 0.6) is 0 Å². The third-order valence-corrected chi connectivity index (χ3v) is 2.72. The zero-order chi connectivity index (χ0) is 7.84. The number of rotatable bonds is 0. The zero-order valence-electron chi connectivity index (χ0n) is 6.24. The fraction of sp³-hybridized carbons (Fsp3) is 0.125. The third kappa shape index (κ3) is 0.922. The molecule has 1 aromatic heterocycles. The minimum Gasteiger partial charge on any atom is -0.323 e. The zero-order valence-corrected chi connectivity index (χ0v) is 7.06. The Bertz CT molecular complexity index is 309. The fourth-order valence-corrected chi connectivity index (χ4v) is 1.93. The number of nitrogens with zero attached hydrogens (tertiary/aromatic N) is 2. The number of thioether (sulfide) groups is 1. The predicted molar refractivity (Wildman–Crippen MR) is 47.6 cm³/mol. The van der Waals surface area contributed by atoms with Crippen LogP contribution < -0.4 is 4.90 Å². The average molecular weight is 164 g/mol. The average Bonchev–Trinajstić information content (AvgIpc) is 2.30. The van der Waals surface area contributed by atoms with Gasteiger partial charge in [0, 0.05) is 13.2 Å². The van der Waals surface area contributed by atoms with Crippen LogP contribution in [0.1, 0.15) is 0 Å². The third-order valence-electron chi connectivity index (χ3n) is 1.67. The lowest BCUT2D eigenvalue weighted by atomic mass is 10.4. The summed E-state index contributed by atoms with van der Waals surface area (Å²) in [6, 6.07) is 4.00. The molecular formula is C8H8N2S. The topological polar surface area (TPSA) is 16.1 Å². The van der Waals surface area contributed by atoms with Gasteiger partial charge in [0.1, 0.15) is 5.82 Å². The number of fused-ring (bicyclic) bond motifs is 1. The fourth-order valence-electron chi connectivity index (χ4n) is 1.03. The van der Waals surface area contributed by atoms with Gasteiger partial charge in [-0.25, -0.2) is 4.98 Å². The highest BCUT2D eigenvalue weighted by Gasteiger charge is 2.20. The Morgan fingerprint density at radius 2 is 2.45 bits per heavy atom. The Hall–Kier alpha value is -0.960. The first-order chi connectivity index (χ1) is 5.29. The molecule has 0 aliphatic carbocycles. The van der Waals surface area contributed by atoms with Gasteiger partial charge >= 0.3 is 0 Å². The molecule has 1 aliphatic rings. The van der Waals surface area contributed by atoms with E-state index < -0.39 is 0 Å². The molecule has 11 heavy (non-hydrogen) atoms. The first-order valence-electron chi connectivity index (χ1n) is 3.34. The quantitative estimate of drug-likeness (QED) is 0.584. The summed E-state index contributed by atoms with van der Waals surface area (Å²) >= 11 is 1.67. The number of aromatic nitrogens is 1. The summed E-state index contributed by atoms with van der Waals surface area (Å²) in [4.78, 5) is 7.43. The van der Waals surface area contributed by atoms with Crippen molar-refractivity contribution in [1.82, 2.24) is 4.98 Å². The Balaban J connectivity index is 2.55. The van der Waals surface area contributed by atoms with Crippen LogP contribution in [0.2, 0.25) is 0 Å². The summed E-state index contributed by atoms with van der Waals surface area (Å²) in [5.41, 5.74) is 0. The van der Waals surface area contributed by atoms with Gasteiger partial charge in [-0.2, -0.15) is 0 Å². The van der Waals surface area contributed by atoms with E-state index in [-0.39, 0.29) is 0 Å². The van der Waals surface area contributed by atoms with E-state index in [0.29, 0.717) is 0 Å². The molecule has 0 radical (unpaired) electrons.